The van der Waals surface area contributed by atoms with Crippen LogP contribution >= 0.6 is 12.2 Å². The lowest BCUT2D eigenvalue weighted by Crippen LogP contribution is -2.29. The van der Waals surface area contributed by atoms with E-state index in [0.29, 0.717) is 12.1 Å². The first kappa shape index (κ1) is 13.4. The molecule has 98 valence electrons. The van der Waals surface area contributed by atoms with Crippen LogP contribution in [0.5, 0.6) is 0 Å². The van der Waals surface area contributed by atoms with Gasteiger partial charge in [0, 0.05) is 19.2 Å². The van der Waals surface area contributed by atoms with Crippen LogP contribution in [-0.2, 0) is 7.05 Å². The molecule has 19 heavy (non-hydrogen) atoms. The summed E-state index contributed by atoms with van der Waals surface area (Å²) < 4.78 is 1.79. The van der Waals surface area contributed by atoms with E-state index in [0.717, 1.165) is 5.82 Å². The first-order valence-corrected chi connectivity index (χ1v) is 6.32. The maximum absolute atomic E-state index is 11.9. The highest BCUT2D eigenvalue weighted by molar-refractivity contribution is 7.79. The van der Waals surface area contributed by atoms with Gasteiger partial charge in [0.25, 0.3) is 5.91 Å². The SMILES string of the molecule is Cn1cnnc1C(C=S)CNC(=O)c1ccccc1. The summed E-state index contributed by atoms with van der Waals surface area (Å²) in [6.07, 6.45) is 1.61. The molecule has 1 aromatic carbocycles. The maximum Gasteiger partial charge on any atom is 0.251 e. The van der Waals surface area contributed by atoms with Crippen LogP contribution in [0.15, 0.2) is 36.7 Å². The van der Waals surface area contributed by atoms with Gasteiger partial charge in [0.2, 0.25) is 0 Å². The Morgan fingerprint density at radius 3 is 2.79 bits per heavy atom. The molecular formula is C13H14N4OS. The molecule has 5 nitrogen and oxygen atoms in total. The number of carbonyl (C=O) groups excluding carboxylic acids is 1. The molecule has 0 aliphatic rings. The van der Waals surface area contributed by atoms with E-state index in [-0.39, 0.29) is 11.8 Å². The van der Waals surface area contributed by atoms with Crippen molar-refractivity contribution < 1.29 is 4.79 Å². The van der Waals surface area contributed by atoms with E-state index in [2.05, 4.69) is 15.5 Å². The Morgan fingerprint density at radius 1 is 1.47 bits per heavy atom. The minimum Gasteiger partial charge on any atom is -0.351 e. The Bertz CT molecular complexity index is 567. The zero-order valence-corrected chi connectivity index (χ0v) is 11.3. The molecule has 0 fully saturated rings. The standard InChI is InChI=1S/C13H14N4OS/c1-17-9-15-16-12(17)11(8-19)7-14-13(18)10-5-3-2-4-6-10/h2-6,8-9,11H,7H2,1H3,(H,14,18). The van der Waals surface area contributed by atoms with Crippen LogP contribution in [0.2, 0.25) is 0 Å². The molecule has 0 saturated carbocycles. The quantitative estimate of drug-likeness (QED) is 0.836. The molecule has 1 unspecified atom stereocenters. The smallest absolute Gasteiger partial charge is 0.251 e. The summed E-state index contributed by atoms with van der Waals surface area (Å²) in [5.74, 6) is 0.489. The predicted octanol–water partition coefficient (Wildman–Crippen LogP) is 1.33. The molecule has 0 bridgehead atoms. The first-order chi connectivity index (χ1) is 9.22. The van der Waals surface area contributed by atoms with Crippen LogP contribution in [-0.4, -0.2) is 32.6 Å². The lowest BCUT2D eigenvalue weighted by atomic mass is 10.1. The number of hydrogen-bond donors (Lipinski definition) is 1. The van der Waals surface area contributed by atoms with Crippen LogP contribution in [0.3, 0.4) is 0 Å². The fourth-order valence-corrected chi connectivity index (χ4v) is 1.94. The zero-order chi connectivity index (χ0) is 13.7. The summed E-state index contributed by atoms with van der Waals surface area (Å²) in [6.45, 7) is 0.407. The first-order valence-electron chi connectivity index (χ1n) is 5.85. The van der Waals surface area contributed by atoms with E-state index < -0.39 is 0 Å². The molecule has 6 heteroatoms. The van der Waals surface area contributed by atoms with Crippen LogP contribution in [0.25, 0.3) is 0 Å². The van der Waals surface area contributed by atoms with Gasteiger partial charge in [0.1, 0.15) is 12.2 Å². The third-order valence-corrected chi connectivity index (χ3v) is 3.09. The van der Waals surface area contributed by atoms with E-state index in [9.17, 15) is 4.79 Å². The summed E-state index contributed by atoms with van der Waals surface area (Å²) in [5, 5.41) is 12.3. The largest absolute Gasteiger partial charge is 0.351 e. The highest BCUT2D eigenvalue weighted by atomic mass is 32.1. The Balaban J connectivity index is 2.00. The van der Waals surface area contributed by atoms with Crippen LogP contribution in [0, 0.1) is 0 Å². The number of benzene rings is 1. The monoisotopic (exact) mass is 274 g/mol. The molecule has 0 aliphatic heterocycles. The number of rotatable bonds is 5. The number of nitrogens with zero attached hydrogens (tertiary/aromatic N) is 3. The maximum atomic E-state index is 11.9. The van der Waals surface area contributed by atoms with Gasteiger partial charge in [-0.15, -0.1) is 10.2 Å². The van der Waals surface area contributed by atoms with Gasteiger partial charge in [-0.1, -0.05) is 30.4 Å². The summed E-state index contributed by atoms with van der Waals surface area (Å²) in [6, 6.07) is 9.06. The van der Waals surface area contributed by atoms with Gasteiger partial charge in [0.05, 0.1) is 5.92 Å². The number of carbonyl (C=O) groups is 1. The Hall–Kier alpha value is -2.08. The lowest BCUT2D eigenvalue weighted by molar-refractivity contribution is 0.0953. The Kier molecular flexibility index (Phi) is 4.35. The van der Waals surface area contributed by atoms with Gasteiger partial charge in [0.15, 0.2) is 0 Å². The van der Waals surface area contributed by atoms with Gasteiger partial charge in [-0.3, -0.25) is 4.79 Å². The van der Waals surface area contributed by atoms with Crippen LogP contribution in [0.4, 0.5) is 0 Å². The van der Waals surface area contributed by atoms with Gasteiger partial charge in [-0.25, -0.2) is 0 Å². The molecule has 0 aliphatic carbocycles. The molecule has 0 saturated heterocycles. The minimum atomic E-state index is -0.129. The Labute approximate surface area is 116 Å². The molecule has 2 rings (SSSR count). The van der Waals surface area contributed by atoms with Crippen molar-refractivity contribution in [3.63, 3.8) is 0 Å². The molecule has 1 atom stereocenters. The van der Waals surface area contributed by atoms with E-state index in [1.807, 2.05) is 25.2 Å². The number of aromatic nitrogens is 3. The summed E-state index contributed by atoms with van der Waals surface area (Å²) >= 11 is 4.99. The number of nitrogens with one attached hydrogen (secondary N) is 1. The minimum absolute atomic E-state index is 0.121. The normalized spacial score (nSPS) is 11.8. The molecular weight excluding hydrogens is 260 g/mol. The Morgan fingerprint density at radius 2 is 2.21 bits per heavy atom. The molecule has 2 aromatic rings. The summed E-state index contributed by atoms with van der Waals surface area (Å²) in [5.41, 5.74) is 0.628. The second-order valence-electron chi connectivity index (χ2n) is 4.12. The van der Waals surface area contributed by atoms with E-state index in [1.54, 1.807) is 28.4 Å². The van der Waals surface area contributed by atoms with Gasteiger partial charge in [-0.2, -0.15) is 0 Å². The van der Waals surface area contributed by atoms with Gasteiger partial charge in [-0.05, 0) is 17.5 Å². The number of thiocarbonyl (C=S) groups is 1. The predicted molar refractivity (Wildman–Crippen MR) is 76.2 cm³/mol. The van der Waals surface area contributed by atoms with Gasteiger partial charge >= 0.3 is 0 Å². The zero-order valence-electron chi connectivity index (χ0n) is 10.5. The van der Waals surface area contributed by atoms with Crippen molar-refractivity contribution in [1.82, 2.24) is 20.1 Å². The van der Waals surface area contributed by atoms with Crippen LogP contribution < -0.4 is 5.32 Å². The average Bonchev–Trinajstić information content (AvgIpc) is 2.87. The molecule has 0 spiro atoms. The molecule has 1 aromatic heterocycles. The number of amides is 1. The highest BCUT2D eigenvalue weighted by Crippen LogP contribution is 2.09. The molecule has 1 N–H and O–H groups in total. The lowest BCUT2D eigenvalue weighted by Gasteiger charge is -2.12. The highest BCUT2D eigenvalue weighted by Gasteiger charge is 2.15. The topological polar surface area (TPSA) is 59.8 Å². The second-order valence-corrected chi connectivity index (χ2v) is 4.39. The van der Waals surface area contributed by atoms with Crippen molar-refractivity contribution in [3.8, 4) is 0 Å². The summed E-state index contributed by atoms with van der Waals surface area (Å²) in [4.78, 5) is 11.9. The van der Waals surface area contributed by atoms with E-state index in [4.69, 9.17) is 12.2 Å². The van der Waals surface area contributed by atoms with Crippen molar-refractivity contribution in [1.29, 1.82) is 0 Å². The van der Waals surface area contributed by atoms with Crippen molar-refractivity contribution in [2.24, 2.45) is 7.05 Å². The molecule has 1 amide bonds. The average molecular weight is 274 g/mol. The fourth-order valence-electron chi connectivity index (χ4n) is 1.72. The van der Waals surface area contributed by atoms with Crippen molar-refractivity contribution in [2.75, 3.05) is 6.54 Å². The summed E-state index contributed by atoms with van der Waals surface area (Å²) in [7, 11) is 1.85. The molecule has 1 heterocycles. The second kappa shape index (κ2) is 6.19. The van der Waals surface area contributed by atoms with E-state index in [1.165, 1.54) is 0 Å². The van der Waals surface area contributed by atoms with Crippen molar-refractivity contribution >= 4 is 23.5 Å². The van der Waals surface area contributed by atoms with Crippen molar-refractivity contribution in [3.05, 3.63) is 48.0 Å². The van der Waals surface area contributed by atoms with Crippen LogP contribution in [0.1, 0.15) is 22.1 Å². The number of hydrogen-bond acceptors (Lipinski definition) is 4. The number of aryl methyl sites for hydroxylation is 1. The third kappa shape index (κ3) is 3.23. The van der Waals surface area contributed by atoms with Gasteiger partial charge < -0.3 is 9.88 Å². The fraction of sp³-hybridized carbons (Fsp3) is 0.231. The third-order valence-electron chi connectivity index (χ3n) is 2.76. The molecule has 0 radical (unpaired) electrons. The van der Waals surface area contributed by atoms with E-state index >= 15 is 0 Å². The van der Waals surface area contributed by atoms with Crippen molar-refractivity contribution in [2.45, 2.75) is 5.92 Å².